The quantitative estimate of drug-likeness (QED) is 0.435. The lowest BCUT2D eigenvalue weighted by Crippen LogP contribution is -2.41. The molecule has 2 amide bonds. The van der Waals surface area contributed by atoms with Crippen LogP contribution in [0, 0.1) is 15.9 Å². The molecule has 1 aliphatic rings. The Balaban J connectivity index is 1.57. The summed E-state index contributed by atoms with van der Waals surface area (Å²) < 4.78 is 18.7. The van der Waals surface area contributed by atoms with Crippen LogP contribution in [0.25, 0.3) is 0 Å². The third-order valence-electron chi connectivity index (χ3n) is 4.30. The van der Waals surface area contributed by atoms with Gasteiger partial charge < -0.3 is 15.0 Å². The van der Waals surface area contributed by atoms with Gasteiger partial charge in [0.25, 0.3) is 17.5 Å². The molecule has 1 atom stereocenters. The van der Waals surface area contributed by atoms with E-state index in [2.05, 4.69) is 5.32 Å². The van der Waals surface area contributed by atoms with E-state index in [9.17, 15) is 28.9 Å². The van der Waals surface area contributed by atoms with E-state index in [0.717, 1.165) is 18.2 Å². The molecule has 9 nitrogen and oxygen atoms in total. The molecule has 1 fully saturated rings. The van der Waals surface area contributed by atoms with Gasteiger partial charge in [0.15, 0.2) is 6.61 Å². The van der Waals surface area contributed by atoms with E-state index in [-0.39, 0.29) is 5.91 Å². The monoisotopic (exact) mass is 421 g/mol. The van der Waals surface area contributed by atoms with Crippen LogP contribution in [0.4, 0.5) is 15.8 Å². The van der Waals surface area contributed by atoms with E-state index < -0.39 is 46.6 Å². The van der Waals surface area contributed by atoms with E-state index in [0.29, 0.717) is 24.3 Å². The van der Waals surface area contributed by atoms with Crippen LogP contribution in [0.3, 0.4) is 0 Å². The van der Waals surface area contributed by atoms with Gasteiger partial charge in [-0.3, -0.25) is 19.7 Å². The highest BCUT2D eigenvalue weighted by Crippen LogP contribution is 2.24. The van der Waals surface area contributed by atoms with Crippen LogP contribution < -0.4 is 5.32 Å². The number of non-ortho nitro benzene ring substituents is 1. The Morgan fingerprint density at radius 3 is 2.83 bits per heavy atom. The van der Waals surface area contributed by atoms with Crippen molar-refractivity contribution < 1.29 is 28.4 Å². The van der Waals surface area contributed by atoms with Crippen molar-refractivity contribution in [1.82, 2.24) is 4.90 Å². The number of anilines is 1. The molecule has 0 bridgehead atoms. The molecule has 1 unspecified atom stereocenters. The van der Waals surface area contributed by atoms with Crippen LogP contribution in [0.15, 0.2) is 35.7 Å². The molecule has 29 heavy (non-hydrogen) atoms. The molecule has 0 radical (unpaired) electrons. The van der Waals surface area contributed by atoms with Gasteiger partial charge in [0.05, 0.1) is 15.5 Å². The zero-order valence-corrected chi connectivity index (χ0v) is 15.8. The number of rotatable bonds is 6. The molecule has 1 aromatic carbocycles. The first-order valence-electron chi connectivity index (χ1n) is 8.61. The number of ether oxygens (including phenoxy) is 1. The summed E-state index contributed by atoms with van der Waals surface area (Å²) in [5.41, 5.74) is -0.789. The van der Waals surface area contributed by atoms with Gasteiger partial charge in [-0.2, -0.15) is 0 Å². The Hall–Kier alpha value is -3.34. The maximum absolute atomic E-state index is 13.7. The molecular formula is C18H16FN3O6S. The largest absolute Gasteiger partial charge is 0.454 e. The Kier molecular flexibility index (Phi) is 6.17. The zero-order valence-electron chi connectivity index (χ0n) is 15.0. The molecule has 3 rings (SSSR count). The Bertz CT molecular complexity index is 949. The van der Waals surface area contributed by atoms with Crippen molar-refractivity contribution in [3.8, 4) is 0 Å². The molecule has 0 saturated carbocycles. The smallest absolute Gasteiger partial charge is 0.329 e. The summed E-state index contributed by atoms with van der Waals surface area (Å²) in [5, 5.41) is 14.6. The van der Waals surface area contributed by atoms with Gasteiger partial charge in [-0.1, -0.05) is 6.07 Å². The number of amides is 2. The molecule has 2 heterocycles. The summed E-state index contributed by atoms with van der Waals surface area (Å²) in [7, 11) is 0. The molecule has 1 aromatic heterocycles. The van der Waals surface area contributed by atoms with Gasteiger partial charge >= 0.3 is 5.97 Å². The Labute approximate surface area is 168 Å². The second-order valence-corrected chi connectivity index (χ2v) is 7.16. The highest BCUT2D eigenvalue weighted by atomic mass is 32.1. The number of carbonyl (C=O) groups is 3. The number of esters is 1. The molecule has 1 saturated heterocycles. The van der Waals surface area contributed by atoms with E-state index in [1.807, 2.05) is 0 Å². The Morgan fingerprint density at radius 1 is 1.34 bits per heavy atom. The second kappa shape index (κ2) is 8.78. The lowest BCUT2D eigenvalue weighted by atomic mass is 10.2. The van der Waals surface area contributed by atoms with Crippen molar-refractivity contribution in [1.29, 1.82) is 0 Å². The number of nitrogens with one attached hydrogen (secondary N) is 1. The fraction of sp³-hybridized carbons (Fsp3) is 0.278. The fourth-order valence-electron chi connectivity index (χ4n) is 2.94. The molecule has 1 aliphatic heterocycles. The standard InChI is InChI=1S/C18H16FN3O6S/c19-12-6-5-11(22(26)27)9-13(12)20-16(23)10-28-18(25)14-3-1-7-21(14)17(24)15-4-2-8-29-15/h2,4-6,8-9,14H,1,3,7,10H2,(H,20,23). The van der Waals surface area contributed by atoms with Gasteiger partial charge in [-0.25, -0.2) is 9.18 Å². The SMILES string of the molecule is O=C(COC(=O)C1CCCN1C(=O)c1cccs1)Nc1cc([N+](=O)[O-])ccc1F. The summed E-state index contributed by atoms with van der Waals surface area (Å²) in [6.07, 6.45) is 1.04. The fourth-order valence-corrected chi connectivity index (χ4v) is 3.62. The molecule has 1 N–H and O–H groups in total. The number of nitro benzene ring substituents is 1. The summed E-state index contributed by atoms with van der Waals surface area (Å²) in [6.45, 7) is -0.305. The molecule has 2 aromatic rings. The maximum Gasteiger partial charge on any atom is 0.329 e. The predicted molar refractivity (Wildman–Crippen MR) is 101 cm³/mol. The number of benzene rings is 1. The van der Waals surface area contributed by atoms with Gasteiger partial charge in [0, 0.05) is 18.7 Å². The molecule has 152 valence electrons. The molecule has 0 spiro atoms. The van der Waals surface area contributed by atoms with Crippen molar-refractivity contribution >= 4 is 40.5 Å². The summed E-state index contributed by atoms with van der Waals surface area (Å²) in [6, 6.07) is 5.28. The third kappa shape index (κ3) is 4.74. The average Bonchev–Trinajstić information content (AvgIpc) is 3.39. The van der Waals surface area contributed by atoms with Crippen LogP contribution in [0.2, 0.25) is 0 Å². The highest BCUT2D eigenvalue weighted by Gasteiger charge is 2.36. The number of nitro groups is 1. The van der Waals surface area contributed by atoms with Crippen molar-refractivity contribution in [3.05, 3.63) is 56.5 Å². The first-order chi connectivity index (χ1) is 13.9. The number of halogens is 1. The van der Waals surface area contributed by atoms with E-state index >= 15 is 0 Å². The first kappa shape index (κ1) is 20.4. The van der Waals surface area contributed by atoms with Crippen LogP contribution in [-0.4, -0.2) is 46.8 Å². The van der Waals surface area contributed by atoms with Crippen molar-refractivity contribution in [3.63, 3.8) is 0 Å². The van der Waals surface area contributed by atoms with Gasteiger partial charge in [0.1, 0.15) is 11.9 Å². The minimum atomic E-state index is -0.862. The number of thiophene rings is 1. The predicted octanol–water partition coefficient (Wildman–Crippen LogP) is 2.58. The topological polar surface area (TPSA) is 119 Å². The first-order valence-corrected chi connectivity index (χ1v) is 9.49. The number of hydrogen-bond acceptors (Lipinski definition) is 7. The van der Waals surface area contributed by atoms with Crippen molar-refractivity contribution in [2.45, 2.75) is 18.9 Å². The molecule has 11 heteroatoms. The average molecular weight is 421 g/mol. The van der Waals surface area contributed by atoms with E-state index in [1.165, 1.54) is 16.2 Å². The number of nitrogens with zero attached hydrogens (tertiary/aromatic N) is 2. The van der Waals surface area contributed by atoms with Gasteiger partial charge in [-0.15, -0.1) is 11.3 Å². The summed E-state index contributed by atoms with van der Waals surface area (Å²) >= 11 is 1.26. The lowest BCUT2D eigenvalue weighted by molar-refractivity contribution is -0.384. The normalized spacial score (nSPS) is 15.8. The number of hydrogen-bond donors (Lipinski definition) is 1. The lowest BCUT2D eigenvalue weighted by Gasteiger charge is -2.22. The summed E-state index contributed by atoms with van der Waals surface area (Å²) in [4.78, 5) is 48.7. The molecule has 0 aliphatic carbocycles. The van der Waals surface area contributed by atoms with Crippen LogP contribution >= 0.6 is 11.3 Å². The van der Waals surface area contributed by atoms with Crippen LogP contribution in [-0.2, 0) is 14.3 Å². The number of carbonyl (C=O) groups excluding carboxylic acids is 3. The van der Waals surface area contributed by atoms with Gasteiger partial charge in [-0.05, 0) is 30.4 Å². The van der Waals surface area contributed by atoms with Gasteiger partial charge in [0.2, 0.25) is 0 Å². The minimum Gasteiger partial charge on any atom is -0.454 e. The van der Waals surface area contributed by atoms with Crippen LogP contribution in [0.5, 0.6) is 0 Å². The van der Waals surface area contributed by atoms with Crippen molar-refractivity contribution in [2.75, 3.05) is 18.5 Å². The third-order valence-corrected chi connectivity index (χ3v) is 5.16. The van der Waals surface area contributed by atoms with E-state index in [4.69, 9.17) is 4.74 Å². The number of likely N-dealkylation sites (tertiary alicyclic amines) is 1. The zero-order chi connectivity index (χ0) is 21.0. The van der Waals surface area contributed by atoms with Crippen LogP contribution in [0.1, 0.15) is 22.5 Å². The molecular weight excluding hydrogens is 405 g/mol. The highest BCUT2D eigenvalue weighted by molar-refractivity contribution is 7.12. The van der Waals surface area contributed by atoms with E-state index in [1.54, 1.807) is 17.5 Å². The maximum atomic E-state index is 13.7. The second-order valence-electron chi connectivity index (χ2n) is 6.21. The van der Waals surface area contributed by atoms with Crippen molar-refractivity contribution in [2.24, 2.45) is 0 Å². The minimum absolute atomic E-state index is 0.275. The summed E-state index contributed by atoms with van der Waals surface area (Å²) in [5.74, 6) is -2.73. The Morgan fingerprint density at radius 2 is 2.14 bits per heavy atom.